The van der Waals surface area contributed by atoms with E-state index < -0.39 is 25.0 Å². The number of amides is 2. The lowest BCUT2D eigenvalue weighted by Gasteiger charge is -2.15. The van der Waals surface area contributed by atoms with E-state index in [4.69, 9.17) is 0 Å². The Morgan fingerprint density at radius 2 is 2.00 bits per heavy atom. The average Bonchev–Trinajstić information content (AvgIpc) is 3.11. The molecule has 0 atom stereocenters. The second-order valence-electron chi connectivity index (χ2n) is 7.76. The molecule has 30 heavy (non-hydrogen) atoms. The van der Waals surface area contributed by atoms with Gasteiger partial charge in [0.05, 0.1) is 17.3 Å². The van der Waals surface area contributed by atoms with Gasteiger partial charge >= 0.3 is 18.4 Å². The number of urea groups is 1. The fourth-order valence-corrected chi connectivity index (χ4v) is 3.36. The fraction of sp³-hybridized carbons (Fsp3) is 0.500. The van der Waals surface area contributed by atoms with Gasteiger partial charge in [-0.05, 0) is 17.7 Å². The zero-order valence-corrected chi connectivity index (χ0v) is 17.8. The summed E-state index contributed by atoms with van der Waals surface area (Å²) >= 11 is 1.55. The fourth-order valence-electron chi connectivity index (χ4n) is 2.34. The van der Waals surface area contributed by atoms with Gasteiger partial charge in [0.15, 0.2) is 0 Å². The Hall–Kier alpha value is -2.20. The van der Waals surface area contributed by atoms with Crippen molar-refractivity contribution in [3.8, 4) is 0 Å². The summed E-state index contributed by atoms with van der Waals surface area (Å²) in [7, 11) is 0. The number of aromatic nitrogens is 1. The van der Waals surface area contributed by atoms with Crippen LogP contribution >= 0.6 is 11.3 Å². The number of hydrogen-bond donors (Lipinski definition) is 2. The highest BCUT2D eigenvalue weighted by Crippen LogP contribution is 2.24. The Kier molecular flexibility index (Phi) is 8.19. The summed E-state index contributed by atoms with van der Waals surface area (Å²) < 4.78 is 54.6. The summed E-state index contributed by atoms with van der Waals surface area (Å²) in [5.74, 6) is -4.19. The normalized spacial score (nSPS) is 12.3. The molecule has 0 saturated carbocycles. The summed E-state index contributed by atoms with van der Waals surface area (Å²) in [4.78, 5) is 16.6. The Morgan fingerprint density at radius 1 is 1.27 bits per heavy atom. The number of carbonyl (C=O) groups is 1. The van der Waals surface area contributed by atoms with Crippen molar-refractivity contribution in [1.82, 2.24) is 10.3 Å². The van der Waals surface area contributed by atoms with Gasteiger partial charge in [-0.1, -0.05) is 32.9 Å². The smallest absolute Gasteiger partial charge is 0.330 e. The van der Waals surface area contributed by atoms with Crippen LogP contribution in [0, 0.1) is 0 Å². The van der Waals surface area contributed by atoms with Crippen LogP contribution in [-0.2, 0) is 23.2 Å². The van der Waals surface area contributed by atoms with E-state index in [9.17, 15) is 22.4 Å². The first kappa shape index (κ1) is 24.1. The van der Waals surface area contributed by atoms with Crippen LogP contribution in [0.15, 0.2) is 29.6 Å². The number of thiazole rings is 1. The van der Waals surface area contributed by atoms with Crippen LogP contribution in [-0.4, -0.2) is 36.5 Å². The molecule has 0 saturated heterocycles. The molecule has 0 aliphatic heterocycles. The van der Waals surface area contributed by atoms with Crippen molar-refractivity contribution in [2.45, 2.75) is 51.6 Å². The number of anilines is 1. The standard InChI is InChI=1S/C20H25F4N3O2S/c1-19(2,3)15-11-30-16(27-15)7-8-25-18(28)26-14-6-4-5-13(9-14)10-29-12-20(23,24)17(21)22/h4-6,9,11,17H,7-8,10,12H2,1-3H3,(H2,25,26,28). The van der Waals surface area contributed by atoms with E-state index in [0.717, 1.165) is 10.7 Å². The molecule has 0 unspecified atom stereocenters. The van der Waals surface area contributed by atoms with Gasteiger partial charge in [0, 0.05) is 29.4 Å². The monoisotopic (exact) mass is 447 g/mol. The molecule has 1 aromatic heterocycles. The van der Waals surface area contributed by atoms with Gasteiger partial charge in [-0.25, -0.2) is 18.6 Å². The largest absolute Gasteiger partial charge is 0.370 e. The number of alkyl halides is 4. The van der Waals surface area contributed by atoms with Crippen LogP contribution in [0.4, 0.5) is 28.0 Å². The van der Waals surface area contributed by atoms with E-state index in [1.165, 1.54) is 6.07 Å². The van der Waals surface area contributed by atoms with Crippen LogP contribution in [0.2, 0.25) is 0 Å². The highest BCUT2D eigenvalue weighted by Gasteiger charge is 2.40. The van der Waals surface area contributed by atoms with Gasteiger partial charge in [-0.15, -0.1) is 11.3 Å². The van der Waals surface area contributed by atoms with E-state index in [2.05, 4.69) is 41.1 Å². The molecule has 0 spiro atoms. The number of carbonyl (C=O) groups excluding carboxylic acids is 1. The van der Waals surface area contributed by atoms with E-state index in [1.54, 1.807) is 29.5 Å². The molecule has 5 nitrogen and oxygen atoms in total. The molecule has 2 amide bonds. The molecule has 2 aromatic rings. The maximum atomic E-state index is 12.9. The zero-order valence-electron chi connectivity index (χ0n) is 17.0. The molecular weight excluding hydrogens is 422 g/mol. The third kappa shape index (κ3) is 7.56. The Bertz CT molecular complexity index is 837. The van der Waals surface area contributed by atoms with Crippen molar-refractivity contribution in [3.63, 3.8) is 0 Å². The molecule has 2 N–H and O–H groups in total. The Morgan fingerprint density at radius 3 is 2.63 bits per heavy atom. The average molecular weight is 447 g/mol. The lowest BCUT2D eigenvalue weighted by atomic mass is 9.93. The predicted octanol–water partition coefficient (Wildman–Crippen LogP) is 5.22. The molecule has 166 valence electrons. The number of nitrogens with one attached hydrogen (secondary N) is 2. The third-order valence-electron chi connectivity index (χ3n) is 4.01. The molecule has 1 heterocycles. The van der Waals surface area contributed by atoms with E-state index >= 15 is 0 Å². The van der Waals surface area contributed by atoms with Crippen LogP contribution in [0.1, 0.15) is 37.0 Å². The molecule has 2 rings (SSSR count). The van der Waals surface area contributed by atoms with Crippen molar-refractivity contribution in [3.05, 3.63) is 45.9 Å². The van der Waals surface area contributed by atoms with Crippen LogP contribution in [0.3, 0.4) is 0 Å². The molecule has 10 heteroatoms. The molecular formula is C20H25F4N3O2S. The first-order valence-electron chi connectivity index (χ1n) is 9.30. The summed E-state index contributed by atoms with van der Waals surface area (Å²) in [5, 5.41) is 8.30. The first-order valence-corrected chi connectivity index (χ1v) is 10.2. The molecule has 0 aliphatic rings. The van der Waals surface area contributed by atoms with E-state index in [0.29, 0.717) is 24.2 Å². The minimum absolute atomic E-state index is 0.0242. The Balaban J connectivity index is 1.77. The van der Waals surface area contributed by atoms with Gasteiger partial charge in [-0.2, -0.15) is 8.78 Å². The van der Waals surface area contributed by atoms with Crippen molar-refractivity contribution < 1.29 is 27.1 Å². The second kappa shape index (κ2) is 10.2. The van der Waals surface area contributed by atoms with Crippen LogP contribution < -0.4 is 10.6 Å². The quantitative estimate of drug-likeness (QED) is 0.518. The summed E-state index contributed by atoms with van der Waals surface area (Å²) in [6.07, 6.45) is -3.18. The van der Waals surface area contributed by atoms with Gasteiger partial charge in [0.2, 0.25) is 0 Å². The van der Waals surface area contributed by atoms with Gasteiger partial charge in [-0.3, -0.25) is 0 Å². The number of nitrogens with zero attached hydrogens (tertiary/aromatic N) is 1. The summed E-state index contributed by atoms with van der Waals surface area (Å²) in [6, 6.07) is 5.90. The van der Waals surface area contributed by atoms with E-state index in [1.807, 2.05) is 5.38 Å². The van der Waals surface area contributed by atoms with Crippen molar-refractivity contribution in [2.75, 3.05) is 18.5 Å². The van der Waals surface area contributed by atoms with Crippen LogP contribution in [0.5, 0.6) is 0 Å². The molecule has 1 aromatic carbocycles. The third-order valence-corrected chi connectivity index (χ3v) is 4.92. The topological polar surface area (TPSA) is 63.2 Å². The number of hydrogen-bond acceptors (Lipinski definition) is 4. The minimum Gasteiger partial charge on any atom is -0.370 e. The highest BCUT2D eigenvalue weighted by atomic mass is 32.1. The Labute approximate surface area is 176 Å². The lowest BCUT2D eigenvalue weighted by Crippen LogP contribution is -2.32. The maximum Gasteiger partial charge on any atom is 0.330 e. The number of rotatable bonds is 9. The first-order chi connectivity index (χ1) is 14.0. The van der Waals surface area contributed by atoms with Crippen LogP contribution in [0.25, 0.3) is 0 Å². The molecule has 0 bridgehead atoms. The van der Waals surface area contributed by atoms with Gasteiger partial charge in [0.25, 0.3) is 0 Å². The summed E-state index contributed by atoms with van der Waals surface area (Å²) in [6.45, 7) is 4.99. The molecule has 0 aliphatic carbocycles. The number of ether oxygens (including phenoxy) is 1. The second-order valence-corrected chi connectivity index (χ2v) is 8.70. The van der Waals surface area contributed by atoms with E-state index in [-0.39, 0.29) is 12.0 Å². The highest BCUT2D eigenvalue weighted by molar-refractivity contribution is 7.09. The minimum atomic E-state index is -4.19. The lowest BCUT2D eigenvalue weighted by molar-refractivity contribution is -0.168. The van der Waals surface area contributed by atoms with Gasteiger partial charge < -0.3 is 15.4 Å². The number of halogens is 4. The zero-order chi connectivity index (χ0) is 22.4. The number of benzene rings is 1. The van der Waals surface area contributed by atoms with Crippen molar-refractivity contribution in [2.24, 2.45) is 0 Å². The molecule has 0 fully saturated rings. The van der Waals surface area contributed by atoms with Gasteiger partial charge in [0.1, 0.15) is 6.61 Å². The van der Waals surface area contributed by atoms with Crippen molar-refractivity contribution >= 4 is 23.1 Å². The summed E-state index contributed by atoms with van der Waals surface area (Å²) in [5.41, 5.74) is 1.88. The molecule has 0 radical (unpaired) electrons. The maximum absolute atomic E-state index is 12.9. The predicted molar refractivity (Wildman–Crippen MR) is 109 cm³/mol. The SMILES string of the molecule is CC(C)(C)c1csc(CCNC(=O)Nc2cccc(COCC(F)(F)C(F)F)c2)n1. The van der Waals surface area contributed by atoms with Crippen molar-refractivity contribution in [1.29, 1.82) is 0 Å².